The van der Waals surface area contributed by atoms with Crippen LogP contribution in [0.4, 0.5) is 10.5 Å². The van der Waals surface area contributed by atoms with Crippen molar-refractivity contribution in [2.75, 3.05) is 18.1 Å². The van der Waals surface area contributed by atoms with Crippen molar-refractivity contribution in [1.29, 1.82) is 0 Å². The molecule has 1 aliphatic heterocycles. The Morgan fingerprint density at radius 3 is 2.47 bits per heavy atom. The molecule has 2 aromatic rings. The van der Waals surface area contributed by atoms with Gasteiger partial charge in [-0.3, -0.25) is 14.9 Å². The molecule has 32 heavy (non-hydrogen) atoms. The van der Waals surface area contributed by atoms with E-state index >= 15 is 0 Å². The number of imide groups is 2. The number of halogens is 3. The maximum Gasteiger partial charge on any atom is 0.335 e. The number of carbonyl (C=O) groups is 3. The smallest absolute Gasteiger partial charge is 0.335 e. The molecule has 1 saturated heterocycles. The number of rotatable bonds is 6. The molecule has 1 fully saturated rings. The van der Waals surface area contributed by atoms with Gasteiger partial charge in [0, 0.05) is 0 Å². The van der Waals surface area contributed by atoms with E-state index in [-0.39, 0.29) is 44.4 Å². The molecule has 1 heterocycles. The highest BCUT2D eigenvalue weighted by atomic mass is 35.5. The number of ether oxygens (including phenoxy) is 2. The summed E-state index contributed by atoms with van der Waals surface area (Å²) in [4.78, 5) is 38.6. The summed E-state index contributed by atoms with van der Waals surface area (Å²) in [7, 11) is 0. The molecule has 0 saturated carbocycles. The number of nitrogens with one attached hydrogen (secondary N) is 1. The Morgan fingerprint density at radius 1 is 1.06 bits per heavy atom. The van der Waals surface area contributed by atoms with E-state index in [1.54, 1.807) is 6.92 Å². The summed E-state index contributed by atoms with van der Waals surface area (Å²) in [5, 5.41) is 2.68. The summed E-state index contributed by atoms with van der Waals surface area (Å²) in [6, 6.07) is 6.31. The van der Waals surface area contributed by atoms with Crippen LogP contribution in [0.1, 0.15) is 12.5 Å². The monoisotopic (exact) mass is 492 g/mol. The largest absolute Gasteiger partial charge is 0.490 e. The summed E-state index contributed by atoms with van der Waals surface area (Å²) in [6.07, 6.45) is 6.51. The zero-order chi connectivity index (χ0) is 23.4. The molecule has 4 amide bonds. The predicted octanol–water partition coefficient (Wildman–Crippen LogP) is 4.72. The first-order valence-corrected chi connectivity index (χ1v) is 10.3. The summed E-state index contributed by atoms with van der Waals surface area (Å²) in [5.74, 6) is 1.14. The average Bonchev–Trinajstić information content (AvgIpc) is 2.73. The molecule has 0 spiro atoms. The Labute approximate surface area is 198 Å². The molecule has 0 bridgehead atoms. The molecular weight excluding hydrogens is 479 g/mol. The SMILES string of the molecule is C#CCOc1c(Cl)cc(/C=C2\C(=O)NC(=O)N(c3ccc(Cl)c(Cl)c3)C2=O)cc1OCC. The molecule has 3 rings (SSSR count). The lowest BCUT2D eigenvalue weighted by Gasteiger charge is -2.26. The van der Waals surface area contributed by atoms with Crippen LogP contribution < -0.4 is 19.7 Å². The van der Waals surface area contributed by atoms with Gasteiger partial charge in [-0.1, -0.05) is 40.7 Å². The van der Waals surface area contributed by atoms with Crippen LogP contribution in [0.15, 0.2) is 35.9 Å². The van der Waals surface area contributed by atoms with E-state index in [2.05, 4.69) is 11.2 Å². The first kappa shape index (κ1) is 23.5. The highest BCUT2D eigenvalue weighted by Crippen LogP contribution is 2.37. The molecule has 164 valence electrons. The van der Waals surface area contributed by atoms with Gasteiger partial charge >= 0.3 is 6.03 Å². The van der Waals surface area contributed by atoms with E-state index in [1.807, 2.05) is 0 Å². The van der Waals surface area contributed by atoms with Crippen molar-refractivity contribution in [1.82, 2.24) is 5.32 Å². The maximum absolute atomic E-state index is 13.0. The maximum atomic E-state index is 13.0. The number of urea groups is 1. The summed E-state index contributed by atoms with van der Waals surface area (Å²) < 4.78 is 11.0. The van der Waals surface area contributed by atoms with Crippen LogP contribution in [0.2, 0.25) is 15.1 Å². The molecule has 0 atom stereocenters. The van der Waals surface area contributed by atoms with Gasteiger partial charge in [0.15, 0.2) is 11.5 Å². The Morgan fingerprint density at radius 2 is 1.81 bits per heavy atom. The minimum absolute atomic E-state index is 0.0259. The van der Waals surface area contributed by atoms with E-state index in [9.17, 15) is 14.4 Å². The fraction of sp³-hybridized carbons (Fsp3) is 0.136. The van der Waals surface area contributed by atoms with E-state index in [4.69, 9.17) is 50.7 Å². The molecule has 10 heteroatoms. The van der Waals surface area contributed by atoms with Crippen LogP contribution in [0.3, 0.4) is 0 Å². The van der Waals surface area contributed by atoms with Crippen LogP contribution in [0.25, 0.3) is 6.08 Å². The Balaban J connectivity index is 2.03. The number of hydrogen-bond acceptors (Lipinski definition) is 5. The zero-order valence-electron chi connectivity index (χ0n) is 16.6. The average molecular weight is 494 g/mol. The molecule has 1 N–H and O–H groups in total. The van der Waals surface area contributed by atoms with Gasteiger partial charge in [-0.2, -0.15) is 0 Å². The van der Waals surface area contributed by atoms with Gasteiger partial charge < -0.3 is 9.47 Å². The van der Waals surface area contributed by atoms with Crippen molar-refractivity contribution in [2.45, 2.75) is 6.92 Å². The third-order valence-corrected chi connectivity index (χ3v) is 5.23. The topological polar surface area (TPSA) is 84.9 Å². The fourth-order valence-corrected chi connectivity index (χ4v) is 3.44. The number of hydrogen-bond donors (Lipinski definition) is 1. The minimum Gasteiger partial charge on any atom is -0.490 e. The van der Waals surface area contributed by atoms with E-state index in [0.29, 0.717) is 12.2 Å². The van der Waals surface area contributed by atoms with Gasteiger partial charge in [-0.25, -0.2) is 9.69 Å². The standard InChI is InChI=1S/C22H15Cl3N2O5/c1-3-7-32-19-17(25)9-12(10-18(19)31-4-2)8-14-20(28)26-22(30)27(21(14)29)13-5-6-15(23)16(24)11-13/h1,5-6,8-11H,4,7H2,2H3,(H,26,28,30)/b14-8+. The third kappa shape index (κ3) is 4.83. The number of anilines is 1. The molecular formula is C22H15Cl3N2O5. The van der Waals surface area contributed by atoms with Gasteiger partial charge in [0.1, 0.15) is 12.2 Å². The number of terminal acetylenes is 1. The Hall–Kier alpha value is -3.18. The highest BCUT2D eigenvalue weighted by molar-refractivity contribution is 6.43. The Bertz CT molecular complexity index is 1190. The van der Waals surface area contributed by atoms with E-state index < -0.39 is 17.8 Å². The predicted molar refractivity (Wildman–Crippen MR) is 122 cm³/mol. The minimum atomic E-state index is -0.915. The number of amides is 4. The van der Waals surface area contributed by atoms with Gasteiger partial charge in [-0.15, -0.1) is 6.42 Å². The lowest BCUT2D eigenvalue weighted by atomic mass is 10.1. The van der Waals surface area contributed by atoms with Crippen LogP contribution in [0.5, 0.6) is 11.5 Å². The van der Waals surface area contributed by atoms with Gasteiger partial charge in [0.25, 0.3) is 11.8 Å². The molecule has 0 aliphatic carbocycles. The molecule has 1 aliphatic rings. The second-order valence-electron chi connectivity index (χ2n) is 6.31. The van der Waals surface area contributed by atoms with Gasteiger partial charge in [-0.05, 0) is 48.9 Å². The highest BCUT2D eigenvalue weighted by Gasteiger charge is 2.37. The Kier molecular flexibility index (Phi) is 7.31. The molecule has 0 aromatic heterocycles. The number of benzene rings is 2. The summed E-state index contributed by atoms with van der Waals surface area (Å²) in [6.45, 7) is 2.05. The third-order valence-electron chi connectivity index (χ3n) is 4.21. The van der Waals surface area contributed by atoms with Crippen molar-refractivity contribution >= 4 is 64.4 Å². The van der Waals surface area contributed by atoms with Crippen molar-refractivity contribution in [3.63, 3.8) is 0 Å². The first-order valence-electron chi connectivity index (χ1n) is 9.16. The van der Waals surface area contributed by atoms with Crippen molar-refractivity contribution in [3.8, 4) is 23.8 Å². The lowest BCUT2D eigenvalue weighted by Crippen LogP contribution is -2.54. The van der Waals surface area contributed by atoms with Crippen molar-refractivity contribution < 1.29 is 23.9 Å². The van der Waals surface area contributed by atoms with Crippen LogP contribution in [-0.2, 0) is 9.59 Å². The van der Waals surface area contributed by atoms with Crippen molar-refractivity contribution in [3.05, 3.63) is 56.5 Å². The van der Waals surface area contributed by atoms with Crippen molar-refractivity contribution in [2.24, 2.45) is 0 Å². The molecule has 0 radical (unpaired) electrons. The van der Waals surface area contributed by atoms with E-state index in [1.165, 1.54) is 36.4 Å². The molecule has 7 nitrogen and oxygen atoms in total. The summed E-state index contributed by atoms with van der Waals surface area (Å²) in [5.41, 5.74) is 0.214. The van der Waals surface area contributed by atoms with Gasteiger partial charge in [0.05, 0.1) is 27.4 Å². The summed E-state index contributed by atoms with van der Waals surface area (Å²) >= 11 is 18.2. The van der Waals surface area contributed by atoms with Crippen LogP contribution in [-0.4, -0.2) is 31.1 Å². The number of nitrogens with zero attached hydrogens (tertiary/aromatic N) is 1. The fourth-order valence-electron chi connectivity index (χ4n) is 2.87. The second-order valence-corrected chi connectivity index (χ2v) is 7.53. The zero-order valence-corrected chi connectivity index (χ0v) is 18.8. The number of barbiturate groups is 1. The van der Waals surface area contributed by atoms with Crippen LogP contribution >= 0.6 is 34.8 Å². The van der Waals surface area contributed by atoms with Crippen LogP contribution in [0, 0.1) is 12.3 Å². The van der Waals surface area contributed by atoms with Gasteiger partial charge in [0.2, 0.25) is 0 Å². The van der Waals surface area contributed by atoms with E-state index in [0.717, 1.165) is 4.90 Å². The first-order chi connectivity index (χ1) is 15.3. The quantitative estimate of drug-likeness (QED) is 0.357. The number of carbonyl (C=O) groups excluding carboxylic acids is 3. The lowest BCUT2D eigenvalue weighted by molar-refractivity contribution is -0.122. The molecule has 2 aromatic carbocycles. The normalized spacial score (nSPS) is 14.9. The second kappa shape index (κ2) is 9.96. The molecule has 0 unspecified atom stereocenters.